The van der Waals surface area contributed by atoms with Crippen molar-refractivity contribution in [2.24, 2.45) is 0 Å². The molecule has 17 heavy (non-hydrogen) atoms. The molecule has 0 N–H and O–H groups in total. The molecule has 84 valence electrons. The van der Waals surface area contributed by atoms with Crippen LogP contribution in [0.1, 0.15) is 5.56 Å². The number of pyridine rings is 1. The highest BCUT2D eigenvalue weighted by Gasteiger charge is 2.08. The van der Waals surface area contributed by atoms with Gasteiger partial charge in [-0.15, -0.1) is 0 Å². The minimum atomic E-state index is 0.154. The van der Waals surface area contributed by atoms with Crippen LogP contribution in [0.25, 0.3) is 11.3 Å². The number of nitriles is 1. The van der Waals surface area contributed by atoms with E-state index in [0.717, 1.165) is 0 Å². The van der Waals surface area contributed by atoms with Crippen LogP contribution < -0.4 is 0 Å². The van der Waals surface area contributed by atoms with Crippen molar-refractivity contribution < 1.29 is 0 Å². The number of rotatable bonds is 1. The monoisotopic (exact) mass is 282 g/mol. The summed E-state index contributed by atoms with van der Waals surface area (Å²) in [6.07, 6.45) is 0. The molecule has 1 aromatic heterocycles. The van der Waals surface area contributed by atoms with Crippen molar-refractivity contribution in [3.8, 4) is 17.3 Å². The van der Waals surface area contributed by atoms with Crippen LogP contribution >= 0.6 is 34.8 Å². The summed E-state index contributed by atoms with van der Waals surface area (Å²) in [5.74, 6) is 0. The highest BCUT2D eigenvalue weighted by molar-refractivity contribution is 6.35. The van der Waals surface area contributed by atoms with Gasteiger partial charge in [0.05, 0.1) is 16.3 Å². The summed E-state index contributed by atoms with van der Waals surface area (Å²) < 4.78 is 0. The van der Waals surface area contributed by atoms with E-state index in [-0.39, 0.29) is 5.15 Å². The first-order valence-corrected chi connectivity index (χ1v) is 5.77. The molecule has 0 fully saturated rings. The Morgan fingerprint density at radius 2 is 1.82 bits per heavy atom. The highest BCUT2D eigenvalue weighted by Crippen LogP contribution is 2.30. The lowest BCUT2D eigenvalue weighted by Crippen LogP contribution is -1.88. The first-order valence-electron chi connectivity index (χ1n) is 4.64. The number of hydrogen-bond acceptors (Lipinski definition) is 2. The molecule has 0 atom stereocenters. The van der Waals surface area contributed by atoms with E-state index >= 15 is 0 Å². The van der Waals surface area contributed by atoms with E-state index in [2.05, 4.69) is 4.98 Å². The van der Waals surface area contributed by atoms with Crippen molar-refractivity contribution >= 4 is 34.8 Å². The lowest BCUT2D eigenvalue weighted by Gasteiger charge is -2.05. The summed E-state index contributed by atoms with van der Waals surface area (Å²) in [5.41, 5.74) is 1.60. The molecule has 0 aliphatic heterocycles. The Morgan fingerprint density at radius 1 is 1.06 bits per heavy atom. The standard InChI is InChI=1S/C12H5Cl3N2/c13-8-2-3-10(14)9(5-8)11-4-1-7(6-16)12(15)17-11/h1-5H. The first kappa shape index (κ1) is 12.2. The van der Waals surface area contributed by atoms with Crippen molar-refractivity contribution in [1.82, 2.24) is 4.98 Å². The lowest BCUT2D eigenvalue weighted by molar-refractivity contribution is 1.30. The smallest absolute Gasteiger partial charge is 0.147 e. The topological polar surface area (TPSA) is 36.7 Å². The third-order valence-corrected chi connectivity index (χ3v) is 3.03. The average Bonchev–Trinajstić information content (AvgIpc) is 2.32. The fraction of sp³-hybridized carbons (Fsp3) is 0. The number of benzene rings is 1. The molecule has 2 aromatic rings. The van der Waals surface area contributed by atoms with Gasteiger partial charge in [0.15, 0.2) is 0 Å². The third kappa shape index (κ3) is 2.53. The van der Waals surface area contributed by atoms with E-state index in [1.165, 1.54) is 0 Å². The van der Waals surface area contributed by atoms with E-state index in [4.69, 9.17) is 40.1 Å². The van der Waals surface area contributed by atoms with E-state index in [9.17, 15) is 0 Å². The van der Waals surface area contributed by atoms with Crippen LogP contribution in [0.5, 0.6) is 0 Å². The zero-order valence-electron chi connectivity index (χ0n) is 8.42. The predicted octanol–water partition coefficient (Wildman–Crippen LogP) is 4.58. The second-order valence-electron chi connectivity index (χ2n) is 3.27. The molecule has 1 heterocycles. The van der Waals surface area contributed by atoms with Gasteiger partial charge in [0.2, 0.25) is 0 Å². The number of nitrogens with zero attached hydrogens (tertiary/aromatic N) is 2. The van der Waals surface area contributed by atoms with Crippen molar-refractivity contribution in [2.45, 2.75) is 0 Å². The Morgan fingerprint density at radius 3 is 2.47 bits per heavy atom. The molecule has 0 aliphatic rings. The molecule has 0 bridgehead atoms. The van der Waals surface area contributed by atoms with Crippen LogP contribution in [0.15, 0.2) is 30.3 Å². The van der Waals surface area contributed by atoms with E-state index in [1.54, 1.807) is 30.3 Å². The van der Waals surface area contributed by atoms with Crippen LogP contribution in [0.3, 0.4) is 0 Å². The molecular weight excluding hydrogens is 279 g/mol. The maximum atomic E-state index is 8.76. The Hall–Kier alpha value is -1.27. The van der Waals surface area contributed by atoms with Gasteiger partial charge in [-0.05, 0) is 30.3 Å². The van der Waals surface area contributed by atoms with Gasteiger partial charge >= 0.3 is 0 Å². The summed E-state index contributed by atoms with van der Waals surface area (Å²) in [7, 11) is 0. The van der Waals surface area contributed by atoms with Crippen molar-refractivity contribution in [2.75, 3.05) is 0 Å². The Bertz CT molecular complexity index is 618. The van der Waals surface area contributed by atoms with Crippen LogP contribution in [0.2, 0.25) is 15.2 Å². The summed E-state index contributed by atoms with van der Waals surface area (Å²) >= 11 is 17.8. The molecule has 0 unspecified atom stereocenters. The normalized spacial score (nSPS) is 10.0. The second kappa shape index (κ2) is 4.93. The van der Waals surface area contributed by atoms with Crippen LogP contribution in [0, 0.1) is 11.3 Å². The molecule has 0 saturated carbocycles. The molecule has 0 amide bonds. The van der Waals surface area contributed by atoms with Gasteiger partial charge in [-0.25, -0.2) is 4.98 Å². The quantitative estimate of drug-likeness (QED) is 0.718. The molecule has 0 saturated heterocycles. The van der Waals surface area contributed by atoms with Gasteiger partial charge < -0.3 is 0 Å². The summed E-state index contributed by atoms with van der Waals surface area (Å²) in [4.78, 5) is 4.12. The van der Waals surface area contributed by atoms with Crippen LogP contribution in [-0.4, -0.2) is 4.98 Å². The molecule has 1 aromatic carbocycles. The summed E-state index contributed by atoms with van der Waals surface area (Å²) in [6, 6.07) is 10.3. The molecule has 2 rings (SSSR count). The molecule has 0 spiro atoms. The maximum absolute atomic E-state index is 8.76. The van der Waals surface area contributed by atoms with Crippen molar-refractivity contribution in [3.63, 3.8) is 0 Å². The van der Waals surface area contributed by atoms with E-state index < -0.39 is 0 Å². The van der Waals surface area contributed by atoms with Crippen LogP contribution in [-0.2, 0) is 0 Å². The van der Waals surface area contributed by atoms with Gasteiger partial charge in [0, 0.05) is 10.6 Å². The van der Waals surface area contributed by atoms with E-state index in [1.807, 2.05) is 6.07 Å². The minimum absolute atomic E-state index is 0.154. The predicted molar refractivity (Wildman–Crippen MR) is 69.4 cm³/mol. The number of hydrogen-bond donors (Lipinski definition) is 0. The fourth-order valence-corrected chi connectivity index (χ4v) is 1.94. The second-order valence-corrected chi connectivity index (χ2v) is 4.47. The fourth-order valence-electron chi connectivity index (χ4n) is 1.36. The molecule has 5 heteroatoms. The third-order valence-electron chi connectivity index (χ3n) is 2.17. The van der Waals surface area contributed by atoms with Crippen LogP contribution in [0.4, 0.5) is 0 Å². The molecular formula is C12H5Cl3N2. The number of halogens is 3. The van der Waals surface area contributed by atoms with E-state index in [0.29, 0.717) is 26.9 Å². The lowest BCUT2D eigenvalue weighted by atomic mass is 10.1. The SMILES string of the molecule is N#Cc1ccc(-c2cc(Cl)ccc2Cl)nc1Cl. The van der Waals surface area contributed by atoms with Gasteiger partial charge in [-0.1, -0.05) is 34.8 Å². The minimum Gasteiger partial charge on any atom is -0.235 e. The Balaban J connectivity index is 2.58. The average molecular weight is 284 g/mol. The highest BCUT2D eigenvalue weighted by atomic mass is 35.5. The van der Waals surface area contributed by atoms with Crippen molar-refractivity contribution in [1.29, 1.82) is 5.26 Å². The number of aromatic nitrogens is 1. The van der Waals surface area contributed by atoms with Gasteiger partial charge in [-0.3, -0.25) is 0 Å². The zero-order chi connectivity index (χ0) is 12.4. The maximum Gasteiger partial charge on any atom is 0.147 e. The Labute approximate surface area is 113 Å². The molecule has 0 radical (unpaired) electrons. The Kier molecular flexibility index (Phi) is 3.54. The van der Waals surface area contributed by atoms with Crippen molar-refractivity contribution in [3.05, 3.63) is 51.1 Å². The van der Waals surface area contributed by atoms with Gasteiger partial charge in [0.1, 0.15) is 11.2 Å². The molecule has 0 aliphatic carbocycles. The van der Waals surface area contributed by atoms with Gasteiger partial charge in [-0.2, -0.15) is 5.26 Å². The first-order chi connectivity index (χ1) is 8.11. The summed E-state index contributed by atoms with van der Waals surface area (Å²) in [5, 5.41) is 10.0. The summed E-state index contributed by atoms with van der Waals surface area (Å²) in [6.45, 7) is 0. The van der Waals surface area contributed by atoms with Gasteiger partial charge in [0.25, 0.3) is 0 Å². The largest absolute Gasteiger partial charge is 0.235 e. The zero-order valence-corrected chi connectivity index (χ0v) is 10.7. The molecule has 2 nitrogen and oxygen atoms in total.